The Bertz CT molecular complexity index is 457. The lowest BCUT2D eigenvalue weighted by molar-refractivity contribution is -0.439. The molecule has 0 radical (unpaired) electrons. The first-order valence-electron chi connectivity index (χ1n) is 6.37. The van der Waals surface area contributed by atoms with Crippen molar-refractivity contribution >= 4 is 5.97 Å². The summed E-state index contributed by atoms with van der Waals surface area (Å²) in [5, 5.41) is 9.67. The number of carbonyl (C=O) groups is 1. The second-order valence-electron chi connectivity index (χ2n) is 5.71. The van der Waals surface area contributed by atoms with Crippen LogP contribution in [0, 0.1) is 11.8 Å². The van der Waals surface area contributed by atoms with E-state index in [1.807, 2.05) is 0 Å². The van der Waals surface area contributed by atoms with E-state index in [9.17, 15) is 36.2 Å². The topological polar surface area (TPSA) is 46.5 Å². The summed E-state index contributed by atoms with van der Waals surface area (Å²) in [5.74, 6) is -4.08. The summed E-state index contributed by atoms with van der Waals surface area (Å²) in [6.07, 6.45) is -12.2. The maximum atomic E-state index is 13.1. The van der Waals surface area contributed by atoms with Crippen LogP contribution < -0.4 is 0 Å². The fraction of sp³-hybridized carbons (Fsp3) is 0.769. The highest BCUT2D eigenvalue weighted by Crippen LogP contribution is 2.62. The second-order valence-corrected chi connectivity index (χ2v) is 5.71. The molecule has 128 valence electrons. The molecule has 1 N–H and O–H groups in total. The molecular formula is C13H16F6O3. The Morgan fingerprint density at radius 1 is 1.14 bits per heavy atom. The summed E-state index contributed by atoms with van der Waals surface area (Å²) in [4.78, 5) is 11.6. The Balaban J connectivity index is 3.56. The van der Waals surface area contributed by atoms with Crippen molar-refractivity contribution < 1.29 is 41.0 Å². The number of hydrogen-bond donors (Lipinski definition) is 1. The van der Waals surface area contributed by atoms with E-state index >= 15 is 0 Å². The van der Waals surface area contributed by atoms with Gasteiger partial charge in [0.25, 0.3) is 5.60 Å². The fourth-order valence-corrected chi connectivity index (χ4v) is 3.04. The van der Waals surface area contributed by atoms with Crippen molar-refractivity contribution in [3.05, 3.63) is 12.2 Å². The Hall–Kier alpha value is -1.25. The van der Waals surface area contributed by atoms with Crippen molar-refractivity contribution in [2.45, 2.75) is 50.7 Å². The Labute approximate surface area is 122 Å². The minimum absolute atomic E-state index is 0.0576. The van der Waals surface area contributed by atoms with Gasteiger partial charge in [-0.25, -0.2) is 4.79 Å². The molecule has 0 aromatic carbocycles. The molecule has 0 amide bonds. The van der Waals surface area contributed by atoms with Gasteiger partial charge in [-0.2, -0.15) is 26.3 Å². The molecule has 22 heavy (non-hydrogen) atoms. The first-order chi connectivity index (χ1) is 9.63. The smallest absolute Gasteiger partial charge is 0.430 e. The molecule has 0 bridgehead atoms. The first kappa shape index (κ1) is 18.8. The molecule has 2 atom stereocenters. The van der Waals surface area contributed by atoms with Crippen molar-refractivity contribution in [3.63, 3.8) is 0 Å². The number of hydrogen-bond acceptors (Lipinski definition) is 3. The lowest BCUT2D eigenvalue weighted by Gasteiger charge is -2.59. The average molecular weight is 334 g/mol. The highest BCUT2D eigenvalue weighted by atomic mass is 19.4. The Morgan fingerprint density at radius 3 is 1.73 bits per heavy atom. The van der Waals surface area contributed by atoms with Gasteiger partial charge < -0.3 is 9.84 Å². The van der Waals surface area contributed by atoms with Crippen LogP contribution in [0.3, 0.4) is 0 Å². The molecule has 3 nitrogen and oxygen atoms in total. The van der Waals surface area contributed by atoms with E-state index in [0.29, 0.717) is 0 Å². The molecule has 1 aliphatic rings. The number of ether oxygens (including phenoxy) is 1. The predicted molar refractivity (Wildman–Crippen MR) is 63.6 cm³/mol. The van der Waals surface area contributed by atoms with Gasteiger partial charge in [-0.05, 0) is 13.3 Å². The van der Waals surface area contributed by atoms with Crippen molar-refractivity contribution in [2.75, 3.05) is 0 Å². The molecule has 0 spiro atoms. The van der Waals surface area contributed by atoms with E-state index in [1.54, 1.807) is 0 Å². The van der Waals surface area contributed by atoms with Crippen molar-refractivity contribution in [2.24, 2.45) is 11.8 Å². The Kier molecular flexibility index (Phi) is 4.39. The van der Waals surface area contributed by atoms with Gasteiger partial charge in [0.05, 0.1) is 0 Å². The monoisotopic (exact) mass is 334 g/mol. The van der Waals surface area contributed by atoms with Crippen LogP contribution in [0.4, 0.5) is 26.3 Å². The van der Waals surface area contributed by atoms with Crippen molar-refractivity contribution in [1.82, 2.24) is 0 Å². The zero-order valence-electron chi connectivity index (χ0n) is 12.1. The first-order valence-corrected chi connectivity index (χ1v) is 6.37. The summed E-state index contributed by atoms with van der Waals surface area (Å²) in [6.45, 7) is 6.35. The SMILES string of the molecule is C=C(C)C(=O)OC1(C(O)(C(F)(F)F)C(F)(F)F)C(C)CC1C. The highest BCUT2D eigenvalue weighted by Gasteiger charge is 2.85. The molecule has 9 heteroatoms. The van der Waals surface area contributed by atoms with Gasteiger partial charge in [0, 0.05) is 17.4 Å². The normalized spacial score (nSPS) is 29.7. The standard InChI is InChI=1S/C13H16F6O3/c1-6(2)9(20)22-10(7(3)5-8(10)4)11(21,12(14,15)16)13(17,18)19/h7-8,21H,1,5H2,2-4H3. The summed E-state index contributed by atoms with van der Waals surface area (Å²) in [5.41, 5.74) is -8.66. The second kappa shape index (κ2) is 5.14. The zero-order chi connectivity index (χ0) is 17.7. The van der Waals surface area contributed by atoms with Crippen molar-refractivity contribution in [3.8, 4) is 0 Å². The van der Waals surface area contributed by atoms with Gasteiger partial charge in [0.2, 0.25) is 0 Å². The average Bonchev–Trinajstić information content (AvgIpc) is 2.31. The molecule has 1 rings (SSSR count). The van der Waals surface area contributed by atoms with Gasteiger partial charge in [0.1, 0.15) is 0 Å². The number of esters is 1. The fourth-order valence-electron chi connectivity index (χ4n) is 3.04. The number of halogens is 6. The zero-order valence-corrected chi connectivity index (χ0v) is 12.1. The third-order valence-electron chi connectivity index (χ3n) is 4.17. The van der Waals surface area contributed by atoms with Crippen LogP contribution >= 0.6 is 0 Å². The number of aliphatic hydroxyl groups is 1. The molecule has 1 saturated carbocycles. The van der Waals surface area contributed by atoms with E-state index in [-0.39, 0.29) is 12.0 Å². The highest BCUT2D eigenvalue weighted by molar-refractivity contribution is 5.87. The molecular weight excluding hydrogens is 318 g/mol. The molecule has 0 aromatic rings. The number of carbonyl (C=O) groups excluding carboxylic acids is 1. The van der Waals surface area contributed by atoms with Crippen molar-refractivity contribution in [1.29, 1.82) is 0 Å². The molecule has 0 heterocycles. The molecule has 0 aromatic heterocycles. The lowest BCUT2D eigenvalue weighted by Crippen LogP contribution is -2.80. The van der Waals surface area contributed by atoms with E-state index in [1.165, 1.54) is 0 Å². The summed E-state index contributed by atoms with van der Waals surface area (Å²) in [6, 6.07) is 0. The van der Waals surface area contributed by atoms with E-state index in [2.05, 4.69) is 11.3 Å². The van der Waals surface area contributed by atoms with E-state index in [0.717, 1.165) is 20.8 Å². The van der Waals surface area contributed by atoms with Crippen LogP contribution in [0.5, 0.6) is 0 Å². The molecule has 2 unspecified atom stereocenters. The summed E-state index contributed by atoms with van der Waals surface area (Å²) < 4.78 is 83.3. The molecule has 1 aliphatic carbocycles. The van der Waals surface area contributed by atoms with Crippen LogP contribution in [0.25, 0.3) is 0 Å². The minimum Gasteiger partial charge on any atom is -0.451 e. The van der Waals surface area contributed by atoms with Crippen LogP contribution in [-0.2, 0) is 9.53 Å². The van der Waals surface area contributed by atoms with Gasteiger partial charge in [-0.3, -0.25) is 0 Å². The van der Waals surface area contributed by atoms with Gasteiger partial charge in [-0.15, -0.1) is 0 Å². The van der Waals surface area contributed by atoms with Gasteiger partial charge >= 0.3 is 18.3 Å². The quantitative estimate of drug-likeness (QED) is 0.489. The van der Waals surface area contributed by atoms with Gasteiger partial charge in [0.15, 0.2) is 5.60 Å². The van der Waals surface area contributed by atoms with Gasteiger partial charge in [-0.1, -0.05) is 20.4 Å². The van der Waals surface area contributed by atoms with E-state index < -0.39 is 41.4 Å². The van der Waals surface area contributed by atoms with Crippen LogP contribution in [0.15, 0.2) is 12.2 Å². The summed E-state index contributed by atoms with van der Waals surface area (Å²) in [7, 11) is 0. The molecule has 1 fully saturated rings. The Morgan fingerprint density at radius 2 is 1.50 bits per heavy atom. The van der Waals surface area contributed by atoms with Crippen LogP contribution in [0.1, 0.15) is 27.2 Å². The van der Waals surface area contributed by atoms with E-state index in [4.69, 9.17) is 0 Å². The summed E-state index contributed by atoms with van der Waals surface area (Å²) >= 11 is 0. The lowest BCUT2D eigenvalue weighted by atomic mass is 9.54. The molecule has 0 aliphatic heterocycles. The third kappa shape index (κ3) is 2.29. The van der Waals surface area contributed by atoms with Crippen LogP contribution in [-0.4, -0.2) is 34.6 Å². The maximum absolute atomic E-state index is 13.1. The number of alkyl halides is 6. The minimum atomic E-state index is -6.07. The third-order valence-corrected chi connectivity index (χ3v) is 4.17. The van der Waals surface area contributed by atoms with Crippen LogP contribution in [0.2, 0.25) is 0 Å². The number of rotatable bonds is 3. The largest absolute Gasteiger partial charge is 0.451 e. The molecule has 0 saturated heterocycles. The predicted octanol–water partition coefficient (Wildman–Crippen LogP) is 3.38. The maximum Gasteiger partial charge on any atom is 0.430 e.